The Balaban J connectivity index is 0.00000115. The molecule has 5 nitrogen and oxygen atoms in total. The zero-order chi connectivity index (χ0) is 14.3. The molecule has 1 aliphatic heterocycles. The molecular formula is C14H25N3O2. The highest BCUT2D eigenvalue weighted by Gasteiger charge is 2.29. The molecule has 0 unspecified atom stereocenters. The predicted octanol–water partition coefficient (Wildman–Crippen LogP) is 2.13. The molecule has 1 atom stereocenters. The lowest BCUT2D eigenvalue weighted by Crippen LogP contribution is -2.41. The van der Waals surface area contributed by atoms with E-state index in [0.717, 1.165) is 22.6 Å². The van der Waals surface area contributed by atoms with Crippen LogP contribution in [-0.4, -0.2) is 33.7 Å². The Kier molecular flexibility index (Phi) is 6.45. The van der Waals surface area contributed by atoms with Crippen LogP contribution < -0.4 is 5.32 Å². The summed E-state index contributed by atoms with van der Waals surface area (Å²) in [7, 11) is 0. The molecule has 1 saturated heterocycles. The van der Waals surface area contributed by atoms with Crippen LogP contribution in [0.15, 0.2) is 18.5 Å². The number of amides is 1. The Morgan fingerprint density at radius 3 is 2.89 bits per heavy atom. The van der Waals surface area contributed by atoms with Gasteiger partial charge in [0.15, 0.2) is 0 Å². The number of rotatable bonds is 3. The Bertz CT molecular complexity index is 415. The van der Waals surface area contributed by atoms with Crippen LogP contribution in [0.5, 0.6) is 0 Å². The molecule has 1 aromatic heterocycles. The van der Waals surface area contributed by atoms with Crippen molar-refractivity contribution in [2.75, 3.05) is 6.54 Å². The number of aromatic nitrogens is 1. The number of nitrogens with zero attached hydrogens (tertiary/aromatic N) is 2. The molecule has 5 heteroatoms. The second-order valence-corrected chi connectivity index (χ2v) is 4.41. The van der Waals surface area contributed by atoms with E-state index in [9.17, 15) is 10.0 Å². The van der Waals surface area contributed by atoms with Crippen LogP contribution in [0.4, 0.5) is 0 Å². The fourth-order valence-corrected chi connectivity index (χ4v) is 2.04. The van der Waals surface area contributed by atoms with Crippen molar-refractivity contribution in [1.29, 1.82) is 0 Å². The maximum atomic E-state index is 11.8. The number of carbonyl (C=O) groups is 1. The monoisotopic (exact) mass is 267 g/mol. The average Bonchev–Trinajstić information content (AvgIpc) is 2.85. The van der Waals surface area contributed by atoms with Crippen molar-refractivity contribution in [3.8, 4) is 0 Å². The average molecular weight is 267 g/mol. The van der Waals surface area contributed by atoms with Gasteiger partial charge in [-0.1, -0.05) is 19.9 Å². The summed E-state index contributed by atoms with van der Waals surface area (Å²) in [6.45, 7) is 6.99. The van der Waals surface area contributed by atoms with E-state index in [1.807, 2.05) is 26.8 Å². The van der Waals surface area contributed by atoms with E-state index in [1.165, 1.54) is 0 Å². The van der Waals surface area contributed by atoms with Crippen LogP contribution in [0.2, 0.25) is 0 Å². The Hall–Kier alpha value is -1.46. The molecule has 2 rings (SSSR count). The number of carbonyl (C=O) groups excluding carboxylic acids is 1. The van der Waals surface area contributed by atoms with Gasteiger partial charge in [0.1, 0.15) is 6.04 Å². The minimum absolute atomic E-state index is 0. The quantitative estimate of drug-likeness (QED) is 0.880. The Morgan fingerprint density at radius 1 is 1.58 bits per heavy atom. The molecule has 2 heterocycles. The summed E-state index contributed by atoms with van der Waals surface area (Å²) in [4.78, 5) is 15.8. The van der Waals surface area contributed by atoms with Crippen molar-refractivity contribution in [2.45, 2.75) is 46.2 Å². The van der Waals surface area contributed by atoms with Crippen molar-refractivity contribution >= 4 is 5.91 Å². The Labute approximate surface area is 116 Å². The molecule has 1 aromatic rings. The van der Waals surface area contributed by atoms with E-state index in [-0.39, 0.29) is 7.33 Å². The molecule has 0 aliphatic carbocycles. The fraction of sp³-hybridized carbons (Fsp3) is 0.571. The minimum atomic E-state index is -0.396. The van der Waals surface area contributed by atoms with Gasteiger partial charge in [0, 0.05) is 26.9 Å². The van der Waals surface area contributed by atoms with Gasteiger partial charge in [-0.2, -0.15) is 5.06 Å². The first-order chi connectivity index (χ1) is 9.16. The zero-order valence-corrected chi connectivity index (χ0v) is 11.9. The molecule has 1 aliphatic rings. The van der Waals surface area contributed by atoms with E-state index in [2.05, 4.69) is 10.3 Å². The third-order valence-corrected chi connectivity index (χ3v) is 2.93. The van der Waals surface area contributed by atoms with Gasteiger partial charge in [0.05, 0.1) is 0 Å². The van der Waals surface area contributed by atoms with Crippen LogP contribution in [0.1, 0.15) is 39.2 Å². The lowest BCUT2D eigenvalue weighted by atomic mass is 10.2. The predicted molar refractivity (Wildman–Crippen MR) is 75.8 cm³/mol. The van der Waals surface area contributed by atoms with Crippen LogP contribution in [-0.2, 0) is 11.3 Å². The van der Waals surface area contributed by atoms with Crippen molar-refractivity contribution in [2.24, 2.45) is 0 Å². The van der Waals surface area contributed by atoms with Gasteiger partial charge in [-0.3, -0.25) is 9.78 Å². The minimum Gasteiger partial charge on any atom is -0.351 e. The largest absolute Gasteiger partial charge is 0.351 e. The van der Waals surface area contributed by atoms with E-state index >= 15 is 0 Å². The van der Waals surface area contributed by atoms with E-state index in [4.69, 9.17) is 0 Å². The van der Waals surface area contributed by atoms with Crippen molar-refractivity contribution in [3.63, 3.8) is 0 Å². The maximum Gasteiger partial charge on any atom is 0.240 e. The first-order valence-electron chi connectivity index (χ1n) is 6.80. The van der Waals surface area contributed by atoms with Gasteiger partial charge in [-0.15, -0.1) is 0 Å². The summed E-state index contributed by atoms with van der Waals surface area (Å²) >= 11 is 0. The van der Waals surface area contributed by atoms with Crippen LogP contribution in [0.3, 0.4) is 0 Å². The molecule has 1 amide bonds. The third-order valence-electron chi connectivity index (χ3n) is 2.93. The smallest absolute Gasteiger partial charge is 0.240 e. The summed E-state index contributed by atoms with van der Waals surface area (Å²) in [5.41, 5.74) is 2.04. The second-order valence-electron chi connectivity index (χ2n) is 4.41. The molecule has 2 N–H and O–H groups in total. The summed E-state index contributed by atoms with van der Waals surface area (Å²) in [5, 5.41) is 13.4. The summed E-state index contributed by atoms with van der Waals surface area (Å²) in [6.07, 6.45) is 5.09. The van der Waals surface area contributed by atoms with E-state index in [0.29, 0.717) is 19.5 Å². The summed E-state index contributed by atoms with van der Waals surface area (Å²) < 4.78 is 0. The van der Waals surface area contributed by atoms with Crippen LogP contribution in [0, 0.1) is 6.92 Å². The lowest BCUT2D eigenvalue weighted by Gasteiger charge is -2.16. The molecule has 0 spiro atoms. The number of hydroxylamine groups is 2. The van der Waals surface area contributed by atoms with Crippen molar-refractivity contribution in [1.82, 2.24) is 15.4 Å². The highest BCUT2D eigenvalue weighted by Crippen LogP contribution is 2.14. The number of hydrogen-bond donors (Lipinski definition) is 2. The lowest BCUT2D eigenvalue weighted by molar-refractivity contribution is -0.145. The molecule has 0 radical (unpaired) electrons. The van der Waals surface area contributed by atoms with Gasteiger partial charge >= 0.3 is 0 Å². The van der Waals surface area contributed by atoms with Gasteiger partial charge < -0.3 is 10.5 Å². The molecule has 108 valence electrons. The molecule has 0 saturated carbocycles. The fourth-order valence-electron chi connectivity index (χ4n) is 2.04. The standard InChI is InChI=1S/C12H17N3O2.C2H6.H2/c1-9-5-10(7-13-6-9)8-14-12(16)11-3-2-4-15(11)17;1-2;/h5-7,11,17H,2-4,8H2,1H3,(H,14,16);1-2H3;1H/t11-;;/m0../s1. The number of aryl methyl sites for hydroxylation is 1. The molecular weight excluding hydrogens is 242 g/mol. The summed E-state index contributed by atoms with van der Waals surface area (Å²) in [6, 6.07) is 1.59. The maximum absolute atomic E-state index is 11.8. The van der Waals surface area contributed by atoms with E-state index < -0.39 is 6.04 Å². The molecule has 19 heavy (non-hydrogen) atoms. The second kappa shape index (κ2) is 7.86. The highest BCUT2D eigenvalue weighted by molar-refractivity contribution is 5.81. The molecule has 0 bridgehead atoms. The van der Waals surface area contributed by atoms with Crippen LogP contribution in [0.25, 0.3) is 0 Å². The number of hydrogen-bond acceptors (Lipinski definition) is 4. The highest BCUT2D eigenvalue weighted by atomic mass is 16.5. The topological polar surface area (TPSA) is 65.5 Å². The van der Waals surface area contributed by atoms with Crippen molar-refractivity contribution < 1.29 is 11.4 Å². The molecule has 0 aromatic carbocycles. The first-order valence-corrected chi connectivity index (χ1v) is 6.80. The first kappa shape index (κ1) is 15.6. The third kappa shape index (κ3) is 4.61. The van der Waals surface area contributed by atoms with Gasteiger partial charge in [-0.25, -0.2) is 0 Å². The zero-order valence-electron chi connectivity index (χ0n) is 11.9. The number of nitrogens with one attached hydrogen (secondary N) is 1. The van der Waals surface area contributed by atoms with E-state index in [1.54, 1.807) is 12.4 Å². The van der Waals surface area contributed by atoms with Gasteiger partial charge in [0.25, 0.3) is 0 Å². The number of pyridine rings is 1. The van der Waals surface area contributed by atoms with Crippen LogP contribution >= 0.6 is 0 Å². The SMILES string of the molecule is CC.Cc1cncc(CNC(=O)[C@@H]2CCCN2O)c1.[HH]. The Morgan fingerprint density at radius 2 is 2.32 bits per heavy atom. The van der Waals surface area contributed by atoms with Gasteiger partial charge in [-0.05, 0) is 30.9 Å². The van der Waals surface area contributed by atoms with Crippen molar-refractivity contribution in [3.05, 3.63) is 29.6 Å². The summed E-state index contributed by atoms with van der Waals surface area (Å²) in [5.74, 6) is -0.119. The van der Waals surface area contributed by atoms with Gasteiger partial charge in [0.2, 0.25) is 5.91 Å². The normalized spacial score (nSPS) is 18.6. The molecule has 1 fully saturated rings.